The Hall–Kier alpha value is -2.03. The van der Waals surface area contributed by atoms with E-state index in [9.17, 15) is 9.90 Å². The van der Waals surface area contributed by atoms with Crippen LogP contribution >= 0.6 is 0 Å². The van der Waals surface area contributed by atoms with Crippen LogP contribution in [0.5, 0.6) is 5.75 Å². The molecule has 0 aliphatic rings. The van der Waals surface area contributed by atoms with Crippen molar-refractivity contribution in [3.63, 3.8) is 0 Å². The number of aromatic hydroxyl groups is 1. The van der Waals surface area contributed by atoms with Gasteiger partial charge in [0.2, 0.25) is 0 Å². The van der Waals surface area contributed by atoms with E-state index in [0.717, 1.165) is 37.7 Å². The van der Waals surface area contributed by atoms with Crippen molar-refractivity contribution in [2.24, 2.45) is 0 Å². The molecule has 0 spiro atoms. The van der Waals surface area contributed by atoms with Crippen molar-refractivity contribution in [1.29, 1.82) is 0 Å². The van der Waals surface area contributed by atoms with Gasteiger partial charge in [-0.25, -0.2) is 4.79 Å². The summed E-state index contributed by atoms with van der Waals surface area (Å²) >= 11 is 0. The zero-order valence-corrected chi connectivity index (χ0v) is 16.4. The summed E-state index contributed by atoms with van der Waals surface area (Å²) in [5, 5.41) is 9.89. The first kappa shape index (κ1) is 22.0. The lowest BCUT2D eigenvalue weighted by atomic mass is 9.99. The number of ether oxygens (including phenoxy) is 1. The number of hydrogen-bond donors (Lipinski definition) is 1. The number of phenolic OH excluding ortho intramolecular Hbond substituents is 1. The highest BCUT2D eigenvalue weighted by Crippen LogP contribution is 2.23. The number of carbonyl (C=O) groups excluding carboxylic acids is 1. The first-order valence-electron chi connectivity index (χ1n) is 9.89. The summed E-state index contributed by atoms with van der Waals surface area (Å²) in [5.74, 6) is -0.458. The Bertz CT molecular complexity index is 573. The molecule has 0 amide bonds. The van der Waals surface area contributed by atoms with Gasteiger partial charge in [-0.05, 0) is 50.2 Å². The van der Waals surface area contributed by atoms with E-state index in [1.165, 1.54) is 45.3 Å². The molecule has 0 radical (unpaired) electrons. The van der Waals surface area contributed by atoms with Gasteiger partial charge in [-0.15, -0.1) is 0 Å². The summed E-state index contributed by atoms with van der Waals surface area (Å²) < 4.78 is 4.77. The SMILES string of the molecule is CCC/C=C/C/C=C/CCCCCCCc1cccc(O)c1C(=O)OC. The summed E-state index contributed by atoms with van der Waals surface area (Å²) in [6, 6.07) is 5.20. The Balaban J connectivity index is 2.16. The number of allylic oxidation sites excluding steroid dienone is 4. The van der Waals surface area contributed by atoms with Gasteiger partial charge in [-0.1, -0.05) is 69.0 Å². The first-order chi connectivity index (χ1) is 12.7. The van der Waals surface area contributed by atoms with Crippen LogP contribution in [-0.2, 0) is 11.2 Å². The molecule has 3 nitrogen and oxygen atoms in total. The van der Waals surface area contributed by atoms with Crippen LogP contribution in [0.2, 0.25) is 0 Å². The fourth-order valence-electron chi connectivity index (χ4n) is 2.91. The molecule has 0 aliphatic heterocycles. The predicted molar refractivity (Wildman–Crippen MR) is 109 cm³/mol. The smallest absolute Gasteiger partial charge is 0.341 e. The molecular weight excluding hydrogens is 324 g/mol. The average Bonchev–Trinajstić information content (AvgIpc) is 2.65. The maximum Gasteiger partial charge on any atom is 0.341 e. The second kappa shape index (κ2) is 14.2. The zero-order chi connectivity index (χ0) is 19.0. The number of hydrogen-bond acceptors (Lipinski definition) is 3. The average molecular weight is 359 g/mol. The maximum atomic E-state index is 11.8. The van der Waals surface area contributed by atoms with Gasteiger partial charge in [0.05, 0.1) is 7.11 Å². The third-order valence-corrected chi connectivity index (χ3v) is 4.40. The van der Waals surface area contributed by atoms with Crippen LogP contribution in [-0.4, -0.2) is 18.2 Å². The molecule has 1 N–H and O–H groups in total. The molecule has 1 aromatic carbocycles. The van der Waals surface area contributed by atoms with Gasteiger partial charge in [0.15, 0.2) is 0 Å². The molecule has 26 heavy (non-hydrogen) atoms. The molecule has 0 aliphatic carbocycles. The molecule has 0 atom stereocenters. The molecule has 3 heteroatoms. The van der Waals surface area contributed by atoms with Gasteiger partial charge in [0.25, 0.3) is 0 Å². The van der Waals surface area contributed by atoms with Crippen LogP contribution in [0.15, 0.2) is 42.5 Å². The summed E-state index contributed by atoms with van der Waals surface area (Å²) in [7, 11) is 1.34. The number of carbonyl (C=O) groups is 1. The van der Waals surface area contributed by atoms with Gasteiger partial charge < -0.3 is 9.84 Å². The molecule has 1 rings (SSSR count). The summed E-state index contributed by atoms with van der Waals surface area (Å²) in [6.07, 6.45) is 20.3. The molecule has 0 unspecified atom stereocenters. The van der Waals surface area contributed by atoms with Crippen molar-refractivity contribution in [3.8, 4) is 5.75 Å². The van der Waals surface area contributed by atoms with E-state index in [0.29, 0.717) is 5.56 Å². The predicted octanol–water partition coefficient (Wildman–Crippen LogP) is 6.36. The topological polar surface area (TPSA) is 46.5 Å². The molecule has 144 valence electrons. The summed E-state index contributed by atoms with van der Waals surface area (Å²) in [5.41, 5.74) is 1.18. The molecule has 0 heterocycles. The van der Waals surface area contributed by atoms with E-state index < -0.39 is 5.97 Å². The highest BCUT2D eigenvalue weighted by molar-refractivity contribution is 5.94. The van der Waals surface area contributed by atoms with E-state index in [2.05, 4.69) is 31.2 Å². The van der Waals surface area contributed by atoms with Crippen LogP contribution in [0.1, 0.15) is 80.6 Å². The quantitative estimate of drug-likeness (QED) is 0.253. The number of aryl methyl sites for hydroxylation is 1. The number of unbranched alkanes of at least 4 members (excludes halogenated alkanes) is 6. The van der Waals surface area contributed by atoms with E-state index in [1.54, 1.807) is 6.07 Å². The number of benzene rings is 1. The van der Waals surface area contributed by atoms with E-state index in [1.807, 2.05) is 6.07 Å². The third kappa shape index (κ3) is 8.89. The van der Waals surface area contributed by atoms with Gasteiger partial charge in [0, 0.05) is 0 Å². The van der Waals surface area contributed by atoms with Gasteiger partial charge in [-0.2, -0.15) is 0 Å². The second-order valence-corrected chi connectivity index (χ2v) is 6.58. The summed E-state index contributed by atoms with van der Waals surface area (Å²) in [6.45, 7) is 2.20. The molecule has 0 saturated carbocycles. The van der Waals surface area contributed by atoms with E-state index >= 15 is 0 Å². The Morgan fingerprint density at radius 1 is 1.00 bits per heavy atom. The second-order valence-electron chi connectivity index (χ2n) is 6.58. The van der Waals surface area contributed by atoms with Crippen molar-refractivity contribution in [2.75, 3.05) is 7.11 Å². The minimum Gasteiger partial charge on any atom is -0.507 e. The van der Waals surface area contributed by atoms with Crippen LogP contribution < -0.4 is 0 Å². The Morgan fingerprint density at radius 3 is 2.42 bits per heavy atom. The number of esters is 1. The maximum absolute atomic E-state index is 11.8. The molecular formula is C23H34O3. The Morgan fingerprint density at radius 2 is 1.69 bits per heavy atom. The molecule has 0 aromatic heterocycles. The van der Waals surface area contributed by atoms with Crippen molar-refractivity contribution < 1.29 is 14.6 Å². The minimum absolute atomic E-state index is 0.00526. The molecule has 0 fully saturated rings. The highest BCUT2D eigenvalue weighted by Gasteiger charge is 2.15. The number of methoxy groups -OCH3 is 1. The Labute approximate surface area is 158 Å². The van der Waals surface area contributed by atoms with Crippen molar-refractivity contribution >= 4 is 5.97 Å². The van der Waals surface area contributed by atoms with Gasteiger partial charge >= 0.3 is 5.97 Å². The highest BCUT2D eigenvalue weighted by atomic mass is 16.5. The lowest BCUT2D eigenvalue weighted by Gasteiger charge is -2.09. The van der Waals surface area contributed by atoms with Crippen LogP contribution in [0.25, 0.3) is 0 Å². The fraction of sp³-hybridized carbons (Fsp3) is 0.522. The Kier molecular flexibility index (Phi) is 12.0. The lowest BCUT2D eigenvalue weighted by molar-refractivity contribution is 0.0596. The monoisotopic (exact) mass is 358 g/mol. The minimum atomic E-state index is -0.463. The van der Waals surface area contributed by atoms with Gasteiger partial charge in [0.1, 0.15) is 11.3 Å². The van der Waals surface area contributed by atoms with Crippen LogP contribution in [0, 0.1) is 0 Å². The number of phenols is 1. The van der Waals surface area contributed by atoms with Crippen molar-refractivity contribution in [3.05, 3.63) is 53.6 Å². The molecule has 1 aromatic rings. The summed E-state index contributed by atoms with van der Waals surface area (Å²) in [4.78, 5) is 11.8. The first-order valence-corrected chi connectivity index (χ1v) is 9.89. The van der Waals surface area contributed by atoms with E-state index in [4.69, 9.17) is 4.74 Å². The zero-order valence-electron chi connectivity index (χ0n) is 16.4. The van der Waals surface area contributed by atoms with Gasteiger partial charge in [-0.3, -0.25) is 0 Å². The van der Waals surface area contributed by atoms with Crippen molar-refractivity contribution in [2.45, 2.75) is 71.1 Å². The van der Waals surface area contributed by atoms with Crippen molar-refractivity contribution in [1.82, 2.24) is 0 Å². The number of rotatable bonds is 13. The standard InChI is InChI=1S/C23H34O3/c1-3-4-5-6-7-8-9-10-11-12-13-14-15-17-20-18-16-19-21(24)22(20)23(25)26-2/h5-6,8-9,16,18-19,24H,3-4,7,10-15,17H2,1-2H3/b6-5+,9-8+. The molecule has 0 saturated heterocycles. The van der Waals surface area contributed by atoms with Crippen LogP contribution in [0.3, 0.4) is 0 Å². The van der Waals surface area contributed by atoms with E-state index in [-0.39, 0.29) is 5.75 Å². The largest absolute Gasteiger partial charge is 0.507 e. The third-order valence-electron chi connectivity index (χ3n) is 4.40. The fourth-order valence-corrected chi connectivity index (χ4v) is 2.91. The van der Waals surface area contributed by atoms with Crippen LogP contribution in [0.4, 0.5) is 0 Å². The normalized spacial score (nSPS) is 11.5. The molecule has 0 bridgehead atoms. The lowest BCUT2D eigenvalue weighted by Crippen LogP contribution is -2.06.